The normalized spacial score (nSPS) is 18.4. The molecular weight excluding hydrogens is 388 g/mol. The molecule has 0 radical (unpaired) electrons. The predicted molar refractivity (Wildman–Crippen MR) is 121 cm³/mol. The molecule has 2 saturated heterocycles. The molecule has 6 heteroatoms. The summed E-state index contributed by atoms with van der Waals surface area (Å²) in [6, 6.07) is 16.3. The van der Waals surface area contributed by atoms with Gasteiger partial charge < -0.3 is 15.0 Å². The Balaban J connectivity index is 1.14. The number of hydrogen-bond acceptors (Lipinski definition) is 4. The van der Waals surface area contributed by atoms with Crippen molar-refractivity contribution in [1.29, 1.82) is 0 Å². The molecule has 0 unspecified atom stereocenters. The molecule has 2 aliphatic heterocycles. The number of H-pyrrole nitrogens is 1. The topological polar surface area (TPSA) is 70.2 Å². The number of amides is 1. The molecule has 0 atom stereocenters. The molecule has 2 aliphatic rings. The minimum atomic E-state index is 0.0615. The minimum Gasteiger partial charge on any atom is -0.483 e. The molecule has 1 amide bonds. The molecule has 5 rings (SSSR count). The second kappa shape index (κ2) is 9.10. The summed E-state index contributed by atoms with van der Waals surface area (Å²) >= 11 is 0. The summed E-state index contributed by atoms with van der Waals surface area (Å²) < 4.78 is 5.90. The molecule has 162 valence electrons. The van der Waals surface area contributed by atoms with Crippen LogP contribution in [0.25, 0.3) is 10.8 Å². The molecule has 0 bridgehead atoms. The number of nitrogens with zero attached hydrogens (tertiary/aromatic N) is 2. The lowest BCUT2D eigenvalue weighted by Gasteiger charge is -2.31. The van der Waals surface area contributed by atoms with E-state index < -0.39 is 0 Å². The number of carbonyl (C=O) groups excluding carboxylic acids is 1. The predicted octanol–water partition coefficient (Wildman–Crippen LogP) is 3.81. The van der Waals surface area contributed by atoms with Crippen LogP contribution in [0.5, 0.6) is 5.75 Å². The van der Waals surface area contributed by atoms with E-state index >= 15 is 0 Å². The number of aromatic amines is 1. The highest BCUT2D eigenvalue weighted by Crippen LogP contribution is 2.31. The number of piperidine rings is 2. The van der Waals surface area contributed by atoms with Crippen LogP contribution in [-0.2, 0) is 4.79 Å². The number of carbonyl (C=O) groups is 1. The van der Waals surface area contributed by atoms with Gasteiger partial charge >= 0.3 is 0 Å². The van der Waals surface area contributed by atoms with Crippen LogP contribution in [0.1, 0.15) is 48.9 Å². The van der Waals surface area contributed by atoms with Gasteiger partial charge in [-0.1, -0.05) is 36.4 Å². The van der Waals surface area contributed by atoms with E-state index in [1.165, 1.54) is 11.4 Å². The zero-order valence-corrected chi connectivity index (χ0v) is 17.8. The lowest BCUT2D eigenvalue weighted by Crippen LogP contribution is -2.40. The molecule has 0 aliphatic carbocycles. The van der Waals surface area contributed by atoms with Crippen molar-refractivity contribution in [2.75, 3.05) is 32.8 Å². The van der Waals surface area contributed by atoms with Crippen LogP contribution >= 0.6 is 0 Å². The largest absolute Gasteiger partial charge is 0.483 e. The Morgan fingerprint density at radius 3 is 2.61 bits per heavy atom. The highest BCUT2D eigenvalue weighted by molar-refractivity contribution is 5.88. The van der Waals surface area contributed by atoms with Crippen LogP contribution in [0.4, 0.5) is 0 Å². The molecule has 2 N–H and O–H groups in total. The number of rotatable bonds is 5. The summed E-state index contributed by atoms with van der Waals surface area (Å²) in [5, 5.41) is 13.5. The van der Waals surface area contributed by atoms with E-state index in [0.29, 0.717) is 11.8 Å². The number of benzene rings is 2. The zero-order valence-electron chi connectivity index (χ0n) is 17.8. The first-order valence-electron chi connectivity index (χ1n) is 11.4. The summed E-state index contributed by atoms with van der Waals surface area (Å²) in [4.78, 5) is 14.7. The maximum atomic E-state index is 12.7. The van der Waals surface area contributed by atoms with Gasteiger partial charge in [-0.05, 0) is 56.3 Å². The fourth-order valence-corrected chi connectivity index (χ4v) is 4.88. The first-order chi connectivity index (χ1) is 15.3. The lowest BCUT2D eigenvalue weighted by atomic mass is 9.90. The van der Waals surface area contributed by atoms with Crippen molar-refractivity contribution in [3.05, 3.63) is 59.9 Å². The van der Waals surface area contributed by atoms with E-state index in [9.17, 15) is 4.79 Å². The number of nitrogens with one attached hydrogen (secondary N) is 2. The highest BCUT2D eigenvalue weighted by atomic mass is 16.5. The molecule has 31 heavy (non-hydrogen) atoms. The zero-order chi connectivity index (χ0) is 21.0. The third-order valence-electron chi connectivity index (χ3n) is 6.76. The standard InChI is InChI=1S/C25H30N4O2/c30-25(17-31-24-7-3-5-18-4-1-2-6-21(18)24)29-14-10-20(11-15-29)23-16-22(27-28-23)19-8-12-26-13-9-19/h1-7,16,19-20,26H,8-15,17H2,(H,27,28). The quantitative estimate of drug-likeness (QED) is 0.661. The van der Waals surface area contributed by atoms with E-state index in [0.717, 1.165) is 68.4 Å². The summed E-state index contributed by atoms with van der Waals surface area (Å²) in [5.74, 6) is 1.85. The van der Waals surface area contributed by atoms with Crippen molar-refractivity contribution in [1.82, 2.24) is 20.4 Å². The van der Waals surface area contributed by atoms with E-state index in [1.54, 1.807) is 0 Å². The Morgan fingerprint density at radius 1 is 1.00 bits per heavy atom. The Morgan fingerprint density at radius 2 is 1.77 bits per heavy atom. The van der Waals surface area contributed by atoms with Crippen molar-refractivity contribution in [2.24, 2.45) is 0 Å². The molecular formula is C25H30N4O2. The third kappa shape index (κ3) is 4.44. The second-order valence-corrected chi connectivity index (χ2v) is 8.69. The van der Waals surface area contributed by atoms with E-state index in [1.807, 2.05) is 35.2 Å². The number of hydrogen-bond donors (Lipinski definition) is 2. The first kappa shape index (κ1) is 20.1. The number of ether oxygens (including phenoxy) is 1. The van der Waals surface area contributed by atoms with Crippen molar-refractivity contribution in [3.63, 3.8) is 0 Å². The summed E-state index contributed by atoms with van der Waals surface area (Å²) in [7, 11) is 0. The SMILES string of the molecule is O=C(COc1cccc2ccccc12)N1CCC(c2cc(C3CCNCC3)n[nH]2)CC1. The van der Waals surface area contributed by atoms with Gasteiger partial charge in [0.05, 0.1) is 5.69 Å². The molecule has 0 spiro atoms. The van der Waals surface area contributed by atoms with Crippen LogP contribution in [-0.4, -0.2) is 53.8 Å². The van der Waals surface area contributed by atoms with Gasteiger partial charge in [-0.25, -0.2) is 0 Å². The van der Waals surface area contributed by atoms with Crippen molar-refractivity contribution in [3.8, 4) is 5.75 Å². The van der Waals surface area contributed by atoms with Crippen molar-refractivity contribution < 1.29 is 9.53 Å². The van der Waals surface area contributed by atoms with Gasteiger partial charge in [0, 0.05) is 36.0 Å². The van der Waals surface area contributed by atoms with E-state index in [-0.39, 0.29) is 12.5 Å². The van der Waals surface area contributed by atoms with Crippen molar-refractivity contribution >= 4 is 16.7 Å². The molecule has 3 heterocycles. The summed E-state index contributed by atoms with van der Waals surface area (Å²) in [6.45, 7) is 3.78. The van der Waals surface area contributed by atoms with Gasteiger partial charge in [0.15, 0.2) is 6.61 Å². The van der Waals surface area contributed by atoms with Crippen LogP contribution in [0.2, 0.25) is 0 Å². The Hall–Kier alpha value is -2.86. The van der Waals surface area contributed by atoms with E-state index in [2.05, 4.69) is 33.7 Å². The van der Waals surface area contributed by atoms with Crippen LogP contribution in [0.15, 0.2) is 48.5 Å². The number of fused-ring (bicyclic) bond motifs is 1. The van der Waals surface area contributed by atoms with Gasteiger partial charge in [-0.2, -0.15) is 5.10 Å². The lowest BCUT2D eigenvalue weighted by molar-refractivity contribution is -0.134. The Labute approximate surface area is 183 Å². The van der Waals surface area contributed by atoms with Gasteiger partial charge in [0.25, 0.3) is 5.91 Å². The maximum absolute atomic E-state index is 12.7. The number of aromatic nitrogens is 2. The highest BCUT2D eigenvalue weighted by Gasteiger charge is 2.26. The average molecular weight is 419 g/mol. The minimum absolute atomic E-state index is 0.0615. The van der Waals surface area contributed by atoms with Crippen molar-refractivity contribution in [2.45, 2.75) is 37.5 Å². The molecule has 6 nitrogen and oxygen atoms in total. The average Bonchev–Trinajstić information content (AvgIpc) is 3.33. The first-order valence-corrected chi connectivity index (χ1v) is 11.4. The maximum Gasteiger partial charge on any atom is 0.260 e. The van der Waals surface area contributed by atoms with Gasteiger partial charge in [0.1, 0.15) is 5.75 Å². The molecule has 3 aromatic rings. The Kier molecular flexibility index (Phi) is 5.89. The van der Waals surface area contributed by atoms with Gasteiger partial charge in [-0.3, -0.25) is 9.89 Å². The summed E-state index contributed by atoms with van der Waals surface area (Å²) in [5.41, 5.74) is 2.44. The molecule has 1 aromatic heterocycles. The smallest absolute Gasteiger partial charge is 0.260 e. The van der Waals surface area contributed by atoms with Crippen LogP contribution in [0, 0.1) is 0 Å². The molecule has 2 aromatic carbocycles. The van der Waals surface area contributed by atoms with Crippen LogP contribution < -0.4 is 10.1 Å². The number of likely N-dealkylation sites (tertiary alicyclic amines) is 1. The fraction of sp³-hybridized carbons (Fsp3) is 0.440. The van der Waals surface area contributed by atoms with Gasteiger partial charge in [0.2, 0.25) is 0 Å². The molecule has 2 fully saturated rings. The third-order valence-corrected chi connectivity index (χ3v) is 6.76. The van der Waals surface area contributed by atoms with E-state index in [4.69, 9.17) is 4.74 Å². The Bertz CT molecular complexity index is 1030. The van der Waals surface area contributed by atoms with Gasteiger partial charge in [-0.15, -0.1) is 0 Å². The molecule has 0 saturated carbocycles. The summed E-state index contributed by atoms with van der Waals surface area (Å²) in [6.07, 6.45) is 4.25. The monoisotopic (exact) mass is 418 g/mol. The second-order valence-electron chi connectivity index (χ2n) is 8.69. The van der Waals surface area contributed by atoms with Crippen LogP contribution in [0.3, 0.4) is 0 Å². The fourth-order valence-electron chi connectivity index (χ4n) is 4.88.